The second-order valence-corrected chi connectivity index (χ2v) is 5.98. The van der Waals surface area contributed by atoms with Gasteiger partial charge in [0.15, 0.2) is 0 Å². The first-order valence-electron chi connectivity index (χ1n) is 5.67. The van der Waals surface area contributed by atoms with Crippen molar-refractivity contribution in [3.05, 3.63) is 0 Å². The van der Waals surface area contributed by atoms with Crippen molar-refractivity contribution in [1.29, 1.82) is 0 Å². The van der Waals surface area contributed by atoms with Crippen LogP contribution in [0.5, 0.6) is 0 Å². The number of nitrogens with zero attached hydrogens (tertiary/aromatic N) is 2. The molecule has 2 aliphatic heterocycles. The van der Waals surface area contributed by atoms with E-state index in [0.29, 0.717) is 17.4 Å². The summed E-state index contributed by atoms with van der Waals surface area (Å²) in [5.41, 5.74) is 0.970. The number of aliphatic hydroxyl groups is 1. The lowest BCUT2D eigenvalue weighted by molar-refractivity contribution is -0.112. The van der Waals surface area contributed by atoms with Crippen LogP contribution in [0, 0.1) is 10.8 Å². The van der Waals surface area contributed by atoms with E-state index in [4.69, 9.17) is 0 Å². The van der Waals surface area contributed by atoms with E-state index in [2.05, 4.69) is 16.8 Å². The molecule has 0 unspecified atom stereocenters. The van der Waals surface area contributed by atoms with Crippen LogP contribution in [0.25, 0.3) is 0 Å². The van der Waals surface area contributed by atoms with Gasteiger partial charge in [-0.3, -0.25) is 0 Å². The number of aliphatic hydroxyl groups excluding tert-OH is 1. The standard InChI is InChI=1S/C11H20N2O/c1-12-4-11(5-12)7-13(8-11)6-10(9-14)2-3-10/h14H,2-9H2,1H3. The first-order valence-corrected chi connectivity index (χ1v) is 5.67. The first-order chi connectivity index (χ1) is 6.65. The van der Waals surface area contributed by atoms with E-state index in [1.165, 1.54) is 39.0 Å². The maximum atomic E-state index is 9.23. The zero-order chi connectivity index (χ0) is 9.81. The van der Waals surface area contributed by atoms with Gasteiger partial charge in [0.1, 0.15) is 0 Å². The fourth-order valence-corrected chi connectivity index (χ4v) is 3.33. The Labute approximate surface area is 85.7 Å². The van der Waals surface area contributed by atoms with Crippen LogP contribution >= 0.6 is 0 Å². The van der Waals surface area contributed by atoms with E-state index >= 15 is 0 Å². The molecule has 80 valence electrons. The second kappa shape index (κ2) is 2.71. The van der Waals surface area contributed by atoms with Crippen LogP contribution in [0.2, 0.25) is 0 Å². The summed E-state index contributed by atoms with van der Waals surface area (Å²) in [5.74, 6) is 0. The highest BCUT2D eigenvalue weighted by atomic mass is 16.3. The molecule has 1 aliphatic carbocycles. The SMILES string of the molecule is CN1CC2(C1)CN(CC1(CO)CC1)C2. The third-order valence-corrected chi connectivity index (χ3v) is 4.18. The summed E-state index contributed by atoms with van der Waals surface area (Å²) in [4.78, 5) is 4.94. The van der Waals surface area contributed by atoms with E-state index in [1.54, 1.807) is 0 Å². The molecule has 1 saturated carbocycles. The van der Waals surface area contributed by atoms with Gasteiger partial charge in [0, 0.05) is 50.2 Å². The highest BCUT2D eigenvalue weighted by molar-refractivity contribution is 5.07. The van der Waals surface area contributed by atoms with Gasteiger partial charge in [0.25, 0.3) is 0 Å². The Morgan fingerprint density at radius 3 is 2.21 bits per heavy atom. The van der Waals surface area contributed by atoms with Crippen LogP contribution < -0.4 is 0 Å². The molecule has 14 heavy (non-hydrogen) atoms. The zero-order valence-electron chi connectivity index (χ0n) is 9.00. The highest BCUT2D eigenvalue weighted by Crippen LogP contribution is 2.48. The van der Waals surface area contributed by atoms with Crippen molar-refractivity contribution in [3.8, 4) is 0 Å². The maximum absolute atomic E-state index is 9.23. The van der Waals surface area contributed by atoms with Gasteiger partial charge in [-0.15, -0.1) is 0 Å². The first kappa shape index (κ1) is 9.13. The molecule has 3 aliphatic rings. The highest BCUT2D eigenvalue weighted by Gasteiger charge is 2.53. The summed E-state index contributed by atoms with van der Waals surface area (Å²) in [5, 5.41) is 9.23. The summed E-state index contributed by atoms with van der Waals surface area (Å²) < 4.78 is 0. The van der Waals surface area contributed by atoms with Gasteiger partial charge < -0.3 is 14.9 Å². The van der Waals surface area contributed by atoms with E-state index in [0.717, 1.165) is 6.54 Å². The molecule has 0 bridgehead atoms. The van der Waals surface area contributed by atoms with Crippen LogP contribution in [0.4, 0.5) is 0 Å². The molecular formula is C11H20N2O. The fraction of sp³-hybridized carbons (Fsp3) is 1.00. The molecule has 3 heteroatoms. The van der Waals surface area contributed by atoms with Crippen LogP contribution in [0.3, 0.4) is 0 Å². The average Bonchev–Trinajstić information content (AvgIpc) is 2.79. The lowest BCUT2D eigenvalue weighted by atomic mass is 9.73. The van der Waals surface area contributed by atoms with Gasteiger partial charge in [-0.25, -0.2) is 0 Å². The summed E-state index contributed by atoms with van der Waals surface area (Å²) in [6.07, 6.45) is 2.49. The van der Waals surface area contributed by atoms with Crippen molar-refractivity contribution in [2.75, 3.05) is 46.4 Å². The van der Waals surface area contributed by atoms with Crippen molar-refractivity contribution in [1.82, 2.24) is 9.80 Å². The second-order valence-electron chi connectivity index (χ2n) is 5.98. The third kappa shape index (κ3) is 1.30. The molecular weight excluding hydrogens is 176 g/mol. The smallest absolute Gasteiger partial charge is 0.0499 e. The lowest BCUT2D eigenvalue weighted by Gasteiger charge is -2.60. The van der Waals surface area contributed by atoms with Gasteiger partial charge in [0.05, 0.1) is 0 Å². The quantitative estimate of drug-likeness (QED) is 0.688. The molecule has 0 aromatic carbocycles. The van der Waals surface area contributed by atoms with E-state index in [9.17, 15) is 5.11 Å². The summed E-state index contributed by atoms with van der Waals surface area (Å²) in [7, 11) is 2.20. The topological polar surface area (TPSA) is 26.7 Å². The summed E-state index contributed by atoms with van der Waals surface area (Å²) >= 11 is 0. The molecule has 0 radical (unpaired) electrons. The molecule has 3 nitrogen and oxygen atoms in total. The van der Waals surface area contributed by atoms with Gasteiger partial charge in [0.2, 0.25) is 0 Å². The molecule has 2 saturated heterocycles. The van der Waals surface area contributed by atoms with Crippen molar-refractivity contribution in [2.45, 2.75) is 12.8 Å². The van der Waals surface area contributed by atoms with Crippen LogP contribution in [-0.4, -0.2) is 61.3 Å². The normalized spacial score (nSPS) is 33.9. The average molecular weight is 196 g/mol. The predicted octanol–water partition coefficient (Wildman–Crippen LogP) is 0.00630. The molecule has 1 spiro atoms. The fourth-order valence-electron chi connectivity index (χ4n) is 3.33. The van der Waals surface area contributed by atoms with Crippen molar-refractivity contribution in [3.63, 3.8) is 0 Å². The van der Waals surface area contributed by atoms with E-state index < -0.39 is 0 Å². The maximum Gasteiger partial charge on any atom is 0.0499 e. The van der Waals surface area contributed by atoms with Crippen LogP contribution in [0.1, 0.15) is 12.8 Å². The number of rotatable bonds is 3. The van der Waals surface area contributed by atoms with Gasteiger partial charge in [-0.2, -0.15) is 0 Å². The Morgan fingerprint density at radius 1 is 1.14 bits per heavy atom. The Morgan fingerprint density at radius 2 is 1.79 bits per heavy atom. The minimum absolute atomic E-state index is 0.317. The number of hydrogen-bond acceptors (Lipinski definition) is 3. The minimum atomic E-state index is 0.317. The largest absolute Gasteiger partial charge is 0.396 e. The van der Waals surface area contributed by atoms with Crippen molar-refractivity contribution < 1.29 is 5.11 Å². The number of likely N-dealkylation sites (tertiary alicyclic amines) is 2. The molecule has 0 amide bonds. The third-order valence-electron chi connectivity index (χ3n) is 4.18. The molecule has 0 aromatic heterocycles. The minimum Gasteiger partial charge on any atom is -0.396 e. The number of hydrogen-bond donors (Lipinski definition) is 1. The van der Waals surface area contributed by atoms with E-state index in [-0.39, 0.29) is 0 Å². The lowest BCUT2D eigenvalue weighted by Crippen LogP contribution is -2.71. The molecule has 1 N–H and O–H groups in total. The summed E-state index contributed by atoms with van der Waals surface area (Å²) in [6.45, 7) is 6.68. The van der Waals surface area contributed by atoms with Gasteiger partial charge in [-0.05, 0) is 19.9 Å². The molecule has 0 aromatic rings. The monoisotopic (exact) mass is 196 g/mol. The van der Waals surface area contributed by atoms with Crippen molar-refractivity contribution >= 4 is 0 Å². The molecule has 3 fully saturated rings. The van der Waals surface area contributed by atoms with E-state index in [1.807, 2.05) is 0 Å². The Balaban J connectivity index is 1.47. The van der Waals surface area contributed by atoms with Gasteiger partial charge in [-0.1, -0.05) is 0 Å². The molecule has 3 rings (SSSR count). The van der Waals surface area contributed by atoms with Crippen LogP contribution in [0.15, 0.2) is 0 Å². The van der Waals surface area contributed by atoms with Crippen LogP contribution in [-0.2, 0) is 0 Å². The molecule has 2 heterocycles. The van der Waals surface area contributed by atoms with Gasteiger partial charge >= 0.3 is 0 Å². The Bertz CT molecular complexity index is 236. The van der Waals surface area contributed by atoms with Crippen molar-refractivity contribution in [2.24, 2.45) is 10.8 Å². The Kier molecular flexibility index (Phi) is 1.77. The Hall–Kier alpha value is -0.120. The predicted molar refractivity (Wildman–Crippen MR) is 55.1 cm³/mol. The molecule has 0 atom stereocenters. The summed E-state index contributed by atoms with van der Waals surface area (Å²) in [6, 6.07) is 0. The zero-order valence-corrected chi connectivity index (χ0v) is 9.00.